The van der Waals surface area contributed by atoms with E-state index >= 15 is 0 Å². The van der Waals surface area contributed by atoms with Gasteiger partial charge in [-0.2, -0.15) is 26.3 Å². The lowest BCUT2D eigenvalue weighted by Gasteiger charge is -2.15. The van der Waals surface area contributed by atoms with Crippen molar-refractivity contribution in [3.63, 3.8) is 0 Å². The Kier molecular flexibility index (Phi) is 7.19. The van der Waals surface area contributed by atoms with E-state index in [0.29, 0.717) is 29.1 Å². The van der Waals surface area contributed by atoms with Crippen molar-refractivity contribution in [3.05, 3.63) is 53.1 Å². The molecule has 0 heterocycles. The number of hydrogen-bond acceptors (Lipinski definition) is 3. The van der Waals surface area contributed by atoms with Gasteiger partial charge in [-0.3, -0.25) is 9.59 Å². The molecule has 0 aliphatic heterocycles. The van der Waals surface area contributed by atoms with Crippen LogP contribution in [-0.4, -0.2) is 18.4 Å². The maximum Gasteiger partial charge on any atom is 0.416 e. The number of ether oxygens (including phenoxy) is 1. The van der Waals surface area contributed by atoms with Crippen molar-refractivity contribution in [1.29, 1.82) is 0 Å². The highest BCUT2D eigenvalue weighted by molar-refractivity contribution is 5.95. The fraction of sp³-hybridized carbons (Fsp3) is 0.300. The summed E-state index contributed by atoms with van der Waals surface area (Å²) in [5, 5.41) is 5.04. The van der Waals surface area contributed by atoms with Gasteiger partial charge in [0.1, 0.15) is 5.75 Å². The van der Waals surface area contributed by atoms with Crippen LogP contribution in [0.2, 0.25) is 0 Å². The van der Waals surface area contributed by atoms with Crippen LogP contribution >= 0.6 is 0 Å². The molecule has 0 spiro atoms. The first-order valence-corrected chi connectivity index (χ1v) is 8.92. The van der Waals surface area contributed by atoms with Gasteiger partial charge in [-0.25, -0.2) is 0 Å². The highest BCUT2D eigenvalue weighted by atomic mass is 19.4. The standard InChI is InChI=1S/C20H18F6N2O3/c1-3-17(29)27-14-5-4-11(2)16(9-14)28-18(30)10-31-15-7-12(19(21,22)23)6-13(8-15)20(24,25)26/h4-9H,3,10H2,1-2H3,(H,27,29)(H,28,30). The number of alkyl halides is 6. The van der Waals surface area contributed by atoms with Crippen LogP contribution in [0, 0.1) is 6.92 Å². The lowest BCUT2D eigenvalue weighted by atomic mass is 10.1. The first-order valence-electron chi connectivity index (χ1n) is 8.92. The lowest BCUT2D eigenvalue weighted by Crippen LogP contribution is -2.21. The van der Waals surface area contributed by atoms with E-state index in [4.69, 9.17) is 4.74 Å². The predicted octanol–water partition coefficient (Wildman–Crippen LogP) is 5.40. The van der Waals surface area contributed by atoms with Crippen LogP contribution < -0.4 is 15.4 Å². The van der Waals surface area contributed by atoms with Gasteiger partial charge in [-0.05, 0) is 42.8 Å². The van der Waals surface area contributed by atoms with Crippen LogP contribution in [0.25, 0.3) is 0 Å². The molecule has 2 N–H and O–H groups in total. The summed E-state index contributed by atoms with van der Waals surface area (Å²) in [5.74, 6) is -1.82. The first kappa shape index (κ1) is 24.0. The molecule has 0 fully saturated rings. The third kappa shape index (κ3) is 6.90. The molecule has 0 atom stereocenters. The maximum absolute atomic E-state index is 12.9. The SMILES string of the molecule is CCC(=O)Nc1ccc(C)c(NC(=O)COc2cc(C(F)(F)F)cc(C(F)(F)F)c2)c1. The molecule has 2 aromatic rings. The minimum absolute atomic E-state index is 0.0353. The van der Waals surface area contributed by atoms with Crippen molar-refractivity contribution in [2.45, 2.75) is 32.6 Å². The second-order valence-corrected chi connectivity index (χ2v) is 6.51. The van der Waals surface area contributed by atoms with Crippen molar-refractivity contribution >= 4 is 23.2 Å². The number of carbonyl (C=O) groups is 2. The molecule has 5 nitrogen and oxygen atoms in total. The van der Waals surface area contributed by atoms with Crippen LogP contribution in [0.1, 0.15) is 30.0 Å². The zero-order valence-electron chi connectivity index (χ0n) is 16.4. The normalized spacial score (nSPS) is 11.7. The molecule has 0 aliphatic carbocycles. The third-order valence-electron chi connectivity index (χ3n) is 4.05. The number of halogens is 6. The second-order valence-electron chi connectivity index (χ2n) is 6.51. The third-order valence-corrected chi connectivity index (χ3v) is 4.05. The zero-order chi connectivity index (χ0) is 23.4. The summed E-state index contributed by atoms with van der Waals surface area (Å²) in [4.78, 5) is 23.6. The number of hydrogen-bond donors (Lipinski definition) is 2. The molecule has 31 heavy (non-hydrogen) atoms. The summed E-state index contributed by atoms with van der Waals surface area (Å²) in [6.07, 6.45) is -9.81. The van der Waals surface area contributed by atoms with E-state index in [9.17, 15) is 35.9 Å². The Hall–Kier alpha value is -3.24. The molecule has 0 saturated carbocycles. The highest BCUT2D eigenvalue weighted by Gasteiger charge is 2.37. The molecule has 0 aliphatic rings. The summed E-state index contributed by atoms with van der Waals surface area (Å²) in [6, 6.07) is 5.42. The Labute approximate surface area is 173 Å². The van der Waals surface area contributed by atoms with Gasteiger partial charge in [0.15, 0.2) is 6.61 Å². The van der Waals surface area contributed by atoms with E-state index in [0.717, 1.165) is 0 Å². The zero-order valence-corrected chi connectivity index (χ0v) is 16.4. The topological polar surface area (TPSA) is 67.4 Å². The minimum Gasteiger partial charge on any atom is -0.484 e. The van der Waals surface area contributed by atoms with E-state index < -0.39 is 41.7 Å². The number of aryl methyl sites for hydroxylation is 1. The van der Waals surface area contributed by atoms with E-state index in [2.05, 4.69) is 10.6 Å². The minimum atomic E-state index is -5.03. The quantitative estimate of drug-likeness (QED) is 0.582. The summed E-state index contributed by atoms with van der Waals surface area (Å²) in [7, 11) is 0. The van der Waals surface area contributed by atoms with Crippen molar-refractivity contribution in [1.82, 2.24) is 0 Å². The molecule has 11 heteroatoms. The Balaban J connectivity index is 2.14. The Morgan fingerprint density at radius 3 is 1.97 bits per heavy atom. The molecule has 0 aromatic heterocycles. The van der Waals surface area contributed by atoms with Gasteiger partial charge < -0.3 is 15.4 Å². The van der Waals surface area contributed by atoms with Crippen LogP contribution in [-0.2, 0) is 21.9 Å². The molecule has 2 aromatic carbocycles. The van der Waals surface area contributed by atoms with Gasteiger partial charge in [0.05, 0.1) is 11.1 Å². The summed E-state index contributed by atoms with van der Waals surface area (Å²) in [6.45, 7) is 2.48. The fourth-order valence-corrected chi connectivity index (χ4v) is 2.43. The Morgan fingerprint density at radius 1 is 0.871 bits per heavy atom. The van der Waals surface area contributed by atoms with Gasteiger partial charge in [-0.1, -0.05) is 13.0 Å². The Morgan fingerprint density at radius 2 is 1.45 bits per heavy atom. The van der Waals surface area contributed by atoms with Crippen molar-refractivity contribution in [2.24, 2.45) is 0 Å². The molecule has 0 saturated heterocycles. The molecular formula is C20H18F6N2O3. The second kappa shape index (κ2) is 9.27. The number of benzene rings is 2. The largest absolute Gasteiger partial charge is 0.484 e. The van der Waals surface area contributed by atoms with Gasteiger partial charge in [-0.15, -0.1) is 0 Å². The van der Waals surface area contributed by atoms with E-state index in [1.165, 1.54) is 6.07 Å². The van der Waals surface area contributed by atoms with E-state index in [-0.39, 0.29) is 18.4 Å². The van der Waals surface area contributed by atoms with E-state index in [1.54, 1.807) is 26.0 Å². The summed E-state index contributed by atoms with van der Waals surface area (Å²) < 4.78 is 82.2. The fourth-order valence-electron chi connectivity index (χ4n) is 2.43. The van der Waals surface area contributed by atoms with Crippen LogP contribution in [0.5, 0.6) is 5.75 Å². The lowest BCUT2D eigenvalue weighted by molar-refractivity contribution is -0.143. The van der Waals surface area contributed by atoms with Gasteiger partial charge in [0, 0.05) is 17.8 Å². The highest BCUT2D eigenvalue weighted by Crippen LogP contribution is 2.38. The average molecular weight is 448 g/mol. The molecule has 2 amide bonds. The Bertz CT molecular complexity index is 938. The monoisotopic (exact) mass is 448 g/mol. The van der Waals surface area contributed by atoms with Gasteiger partial charge in [0.2, 0.25) is 5.91 Å². The number of carbonyl (C=O) groups excluding carboxylic acids is 2. The van der Waals surface area contributed by atoms with Crippen LogP contribution in [0.15, 0.2) is 36.4 Å². The van der Waals surface area contributed by atoms with Gasteiger partial charge in [0.25, 0.3) is 5.91 Å². The summed E-state index contributed by atoms with van der Waals surface area (Å²) in [5.41, 5.74) is -1.79. The van der Waals surface area contributed by atoms with Crippen molar-refractivity contribution in [2.75, 3.05) is 17.2 Å². The van der Waals surface area contributed by atoms with Crippen molar-refractivity contribution in [3.8, 4) is 5.75 Å². The smallest absolute Gasteiger partial charge is 0.416 e. The number of rotatable bonds is 6. The number of anilines is 2. The molecule has 0 unspecified atom stereocenters. The van der Waals surface area contributed by atoms with Crippen LogP contribution in [0.4, 0.5) is 37.7 Å². The average Bonchev–Trinajstić information content (AvgIpc) is 2.67. The van der Waals surface area contributed by atoms with Crippen LogP contribution in [0.3, 0.4) is 0 Å². The summed E-state index contributed by atoms with van der Waals surface area (Å²) >= 11 is 0. The number of nitrogens with one attached hydrogen (secondary N) is 2. The molecule has 168 valence electrons. The predicted molar refractivity (Wildman–Crippen MR) is 101 cm³/mol. The van der Waals surface area contributed by atoms with E-state index in [1.807, 2.05) is 0 Å². The molecule has 0 bridgehead atoms. The molecule has 0 radical (unpaired) electrons. The maximum atomic E-state index is 12.9. The number of amides is 2. The molecular weight excluding hydrogens is 430 g/mol. The molecule has 2 rings (SSSR count). The first-order chi connectivity index (χ1) is 14.3. The van der Waals surface area contributed by atoms with Crippen molar-refractivity contribution < 1.29 is 40.7 Å². The van der Waals surface area contributed by atoms with Gasteiger partial charge >= 0.3 is 12.4 Å².